The van der Waals surface area contributed by atoms with E-state index >= 15 is 0 Å². The van der Waals surface area contributed by atoms with E-state index in [0.29, 0.717) is 18.2 Å². The van der Waals surface area contributed by atoms with Crippen LogP contribution in [0.4, 0.5) is 0 Å². The number of hydrogen-bond donors (Lipinski definition) is 1. The number of benzene rings is 1. The minimum absolute atomic E-state index is 0.340. The average molecular weight is 262 g/mol. The standard InChI is InChI=1S/C16H26N2O/c1-12-5-7-15(8-6-12)16(17-4)10-18-9-14(3)19-11-13(18)2/h5-8,13-14,16-17H,9-11H2,1-4H3. The van der Waals surface area contributed by atoms with Gasteiger partial charge in [-0.1, -0.05) is 29.8 Å². The summed E-state index contributed by atoms with van der Waals surface area (Å²) in [5.41, 5.74) is 2.67. The van der Waals surface area contributed by atoms with Crippen molar-refractivity contribution in [2.75, 3.05) is 26.7 Å². The van der Waals surface area contributed by atoms with E-state index in [2.05, 4.69) is 55.3 Å². The van der Waals surface area contributed by atoms with E-state index in [4.69, 9.17) is 4.74 Å². The Balaban J connectivity index is 2.03. The number of aryl methyl sites for hydroxylation is 1. The summed E-state index contributed by atoms with van der Waals surface area (Å²) < 4.78 is 5.69. The van der Waals surface area contributed by atoms with Gasteiger partial charge in [-0.05, 0) is 33.4 Å². The molecular formula is C16H26N2O. The summed E-state index contributed by atoms with van der Waals surface area (Å²) in [6.07, 6.45) is 0.340. The highest BCUT2D eigenvalue weighted by Crippen LogP contribution is 2.19. The first-order valence-corrected chi connectivity index (χ1v) is 7.19. The van der Waals surface area contributed by atoms with Gasteiger partial charge in [0.1, 0.15) is 0 Å². The summed E-state index contributed by atoms with van der Waals surface area (Å²) in [5, 5.41) is 3.44. The predicted octanol–water partition coefficient (Wildman–Crippen LogP) is 2.36. The van der Waals surface area contributed by atoms with Gasteiger partial charge >= 0.3 is 0 Å². The van der Waals surface area contributed by atoms with Gasteiger partial charge in [0, 0.05) is 25.2 Å². The van der Waals surface area contributed by atoms with E-state index in [9.17, 15) is 0 Å². The molecule has 1 fully saturated rings. The molecule has 1 heterocycles. The lowest BCUT2D eigenvalue weighted by atomic mass is 10.0. The third-order valence-corrected chi connectivity index (χ3v) is 3.98. The lowest BCUT2D eigenvalue weighted by molar-refractivity contribution is -0.0519. The zero-order valence-electron chi connectivity index (χ0n) is 12.5. The molecule has 0 bridgehead atoms. The van der Waals surface area contributed by atoms with Crippen molar-refractivity contribution < 1.29 is 4.74 Å². The van der Waals surface area contributed by atoms with Crippen molar-refractivity contribution in [3.8, 4) is 0 Å². The normalized spacial score (nSPS) is 26.3. The molecule has 0 amide bonds. The highest BCUT2D eigenvalue weighted by molar-refractivity contribution is 5.24. The van der Waals surface area contributed by atoms with Gasteiger partial charge in [0.2, 0.25) is 0 Å². The Morgan fingerprint density at radius 3 is 2.63 bits per heavy atom. The highest BCUT2D eigenvalue weighted by atomic mass is 16.5. The van der Waals surface area contributed by atoms with Gasteiger partial charge in [0.15, 0.2) is 0 Å². The van der Waals surface area contributed by atoms with Crippen LogP contribution in [0.3, 0.4) is 0 Å². The van der Waals surface area contributed by atoms with Gasteiger partial charge in [-0.3, -0.25) is 4.90 Å². The topological polar surface area (TPSA) is 24.5 Å². The summed E-state index contributed by atoms with van der Waals surface area (Å²) in [6.45, 7) is 9.42. The molecule has 0 aromatic heterocycles. The Labute approximate surface area is 116 Å². The monoisotopic (exact) mass is 262 g/mol. The fourth-order valence-corrected chi connectivity index (χ4v) is 2.62. The summed E-state index contributed by atoms with van der Waals surface area (Å²) in [6, 6.07) is 9.71. The number of ether oxygens (including phenoxy) is 1. The zero-order chi connectivity index (χ0) is 13.8. The first-order valence-electron chi connectivity index (χ1n) is 7.19. The van der Waals surface area contributed by atoms with Crippen molar-refractivity contribution in [2.24, 2.45) is 0 Å². The molecule has 2 rings (SSSR count). The predicted molar refractivity (Wildman–Crippen MR) is 79.4 cm³/mol. The van der Waals surface area contributed by atoms with Crippen LogP contribution in [0.2, 0.25) is 0 Å². The number of nitrogens with zero attached hydrogens (tertiary/aromatic N) is 1. The SMILES string of the molecule is CNC(CN1CC(C)OCC1C)c1ccc(C)cc1. The summed E-state index contributed by atoms with van der Waals surface area (Å²) in [4.78, 5) is 2.52. The Morgan fingerprint density at radius 1 is 1.32 bits per heavy atom. The Morgan fingerprint density at radius 2 is 2.00 bits per heavy atom. The fraction of sp³-hybridized carbons (Fsp3) is 0.625. The maximum Gasteiger partial charge on any atom is 0.0674 e. The van der Waals surface area contributed by atoms with E-state index in [1.807, 2.05) is 7.05 Å². The first-order chi connectivity index (χ1) is 9.10. The van der Waals surface area contributed by atoms with Crippen molar-refractivity contribution in [2.45, 2.75) is 39.0 Å². The third-order valence-electron chi connectivity index (χ3n) is 3.98. The molecule has 3 nitrogen and oxygen atoms in total. The maximum atomic E-state index is 5.69. The molecule has 106 valence electrons. The summed E-state index contributed by atoms with van der Waals surface area (Å²) in [7, 11) is 2.04. The van der Waals surface area contributed by atoms with Crippen molar-refractivity contribution in [1.29, 1.82) is 0 Å². The van der Waals surface area contributed by atoms with E-state index in [-0.39, 0.29) is 0 Å². The quantitative estimate of drug-likeness (QED) is 0.901. The van der Waals surface area contributed by atoms with Crippen LogP contribution in [0, 0.1) is 6.92 Å². The molecule has 0 saturated carbocycles. The van der Waals surface area contributed by atoms with E-state index in [0.717, 1.165) is 19.7 Å². The van der Waals surface area contributed by atoms with Gasteiger partial charge in [0.05, 0.1) is 12.7 Å². The van der Waals surface area contributed by atoms with Gasteiger partial charge in [0.25, 0.3) is 0 Å². The minimum Gasteiger partial charge on any atom is -0.376 e. The highest BCUT2D eigenvalue weighted by Gasteiger charge is 2.25. The van der Waals surface area contributed by atoms with E-state index in [1.54, 1.807) is 0 Å². The van der Waals surface area contributed by atoms with Crippen LogP contribution in [0.15, 0.2) is 24.3 Å². The number of likely N-dealkylation sites (N-methyl/N-ethyl adjacent to an activating group) is 1. The van der Waals surface area contributed by atoms with Crippen molar-refractivity contribution in [3.05, 3.63) is 35.4 Å². The molecular weight excluding hydrogens is 236 g/mol. The van der Waals surface area contributed by atoms with Crippen LogP contribution in [0.25, 0.3) is 0 Å². The van der Waals surface area contributed by atoms with Crippen molar-refractivity contribution in [1.82, 2.24) is 10.2 Å². The van der Waals surface area contributed by atoms with Crippen LogP contribution in [0.1, 0.15) is 31.0 Å². The van der Waals surface area contributed by atoms with Crippen molar-refractivity contribution >= 4 is 0 Å². The molecule has 3 heteroatoms. The molecule has 0 aliphatic carbocycles. The summed E-state index contributed by atoms with van der Waals surface area (Å²) in [5.74, 6) is 0. The zero-order valence-corrected chi connectivity index (χ0v) is 12.5. The fourth-order valence-electron chi connectivity index (χ4n) is 2.62. The molecule has 1 aromatic carbocycles. The molecule has 1 aliphatic rings. The molecule has 1 N–H and O–H groups in total. The molecule has 0 radical (unpaired) electrons. The van der Waals surface area contributed by atoms with Crippen LogP contribution in [-0.4, -0.2) is 43.8 Å². The molecule has 3 atom stereocenters. The number of hydrogen-bond acceptors (Lipinski definition) is 3. The average Bonchev–Trinajstić information content (AvgIpc) is 2.41. The summed E-state index contributed by atoms with van der Waals surface area (Å²) >= 11 is 0. The lowest BCUT2D eigenvalue weighted by Gasteiger charge is -2.38. The van der Waals surface area contributed by atoms with Crippen LogP contribution < -0.4 is 5.32 Å². The molecule has 19 heavy (non-hydrogen) atoms. The van der Waals surface area contributed by atoms with Gasteiger partial charge in [-0.25, -0.2) is 0 Å². The number of rotatable bonds is 4. The van der Waals surface area contributed by atoms with Crippen molar-refractivity contribution in [3.63, 3.8) is 0 Å². The van der Waals surface area contributed by atoms with Gasteiger partial charge < -0.3 is 10.1 Å². The minimum atomic E-state index is 0.340. The second-order valence-electron chi connectivity index (χ2n) is 5.70. The number of morpholine rings is 1. The first kappa shape index (κ1) is 14.5. The van der Waals surface area contributed by atoms with Gasteiger partial charge in [-0.2, -0.15) is 0 Å². The molecule has 1 aromatic rings. The third kappa shape index (κ3) is 3.78. The molecule has 3 unspecified atom stereocenters. The smallest absolute Gasteiger partial charge is 0.0674 e. The van der Waals surface area contributed by atoms with Crippen LogP contribution in [-0.2, 0) is 4.74 Å². The van der Waals surface area contributed by atoms with E-state index < -0.39 is 0 Å². The largest absolute Gasteiger partial charge is 0.376 e. The Bertz CT molecular complexity index is 390. The molecule has 1 saturated heterocycles. The van der Waals surface area contributed by atoms with Crippen LogP contribution >= 0.6 is 0 Å². The lowest BCUT2D eigenvalue weighted by Crippen LogP contribution is -2.49. The maximum absolute atomic E-state index is 5.69. The molecule has 0 spiro atoms. The number of nitrogens with one attached hydrogen (secondary N) is 1. The second-order valence-corrected chi connectivity index (χ2v) is 5.70. The Kier molecular flexibility index (Phi) is 4.97. The Hall–Kier alpha value is -0.900. The van der Waals surface area contributed by atoms with E-state index in [1.165, 1.54) is 11.1 Å². The van der Waals surface area contributed by atoms with Gasteiger partial charge in [-0.15, -0.1) is 0 Å². The van der Waals surface area contributed by atoms with Crippen LogP contribution in [0.5, 0.6) is 0 Å². The second kappa shape index (κ2) is 6.51. The molecule has 1 aliphatic heterocycles.